The third-order valence-corrected chi connectivity index (χ3v) is 3.33. The molecule has 1 aliphatic rings. The number of hydrogen-bond acceptors (Lipinski definition) is 3. The second-order valence-corrected chi connectivity index (χ2v) is 4.99. The molecule has 0 aliphatic carbocycles. The number of anilines is 1. The molecule has 0 bridgehead atoms. The summed E-state index contributed by atoms with van der Waals surface area (Å²) in [6.07, 6.45) is 1.85. The Morgan fingerprint density at radius 2 is 2.15 bits per heavy atom. The number of thiazole rings is 1. The number of nitrogens with zero attached hydrogens (tertiary/aromatic N) is 3. The quantitative estimate of drug-likeness (QED) is 0.625. The summed E-state index contributed by atoms with van der Waals surface area (Å²) in [6, 6.07) is 0. The summed E-state index contributed by atoms with van der Waals surface area (Å²) < 4.78 is 1.10. The fraction of sp³-hybridized carbons (Fsp3) is 0.571. The van der Waals surface area contributed by atoms with E-state index in [-0.39, 0.29) is 44.1 Å². The first-order chi connectivity index (χ1) is 5.86. The van der Waals surface area contributed by atoms with Crippen LogP contribution in [0.15, 0.2) is 9.98 Å². The predicted octanol–water partition coefficient (Wildman–Crippen LogP) is 2.10. The Labute approximate surface area is 126 Å². The SMILES string of the molecule is Brc1cnc(N2CC[N-]CC2)s1.[Ac]. The number of halogens is 1. The van der Waals surface area contributed by atoms with Gasteiger partial charge in [0.15, 0.2) is 5.13 Å². The van der Waals surface area contributed by atoms with Gasteiger partial charge in [0.25, 0.3) is 0 Å². The minimum absolute atomic E-state index is 0. The van der Waals surface area contributed by atoms with E-state index >= 15 is 0 Å². The van der Waals surface area contributed by atoms with Crippen molar-refractivity contribution >= 4 is 32.4 Å². The van der Waals surface area contributed by atoms with E-state index < -0.39 is 0 Å². The zero-order chi connectivity index (χ0) is 8.39. The van der Waals surface area contributed by atoms with Gasteiger partial charge in [-0.05, 0) is 15.9 Å². The van der Waals surface area contributed by atoms with Gasteiger partial charge in [-0.3, -0.25) is 0 Å². The van der Waals surface area contributed by atoms with Crippen molar-refractivity contribution in [3.8, 4) is 0 Å². The maximum absolute atomic E-state index is 4.30. The van der Waals surface area contributed by atoms with Crippen molar-refractivity contribution in [2.75, 3.05) is 31.1 Å². The van der Waals surface area contributed by atoms with Crippen LogP contribution >= 0.6 is 27.3 Å². The second kappa shape index (κ2) is 6.02. The molecule has 1 aliphatic heterocycles. The molecule has 69 valence electrons. The molecule has 0 unspecified atom stereocenters. The van der Waals surface area contributed by atoms with Gasteiger partial charge < -0.3 is 10.2 Å². The van der Waals surface area contributed by atoms with E-state index in [0.29, 0.717) is 0 Å². The van der Waals surface area contributed by atoms with Gasteiger partial charge in [0, 0.05) is 57.2 Å². The molecule has 2 rings (SSSR count). The van der Waals surface area contributed by atoms with Gasteiger partial charge in [0.1, 0.15) is 0 Å². The normalized spacial score (nSPS) is 16.8. The van der Waals surface area contributed by atoms with Crippen molar-refractivity contribution in [3.05, 3.63) is 15.3 Å². The Morgan fingerprint density at radius 3 is 2.69 bits per heavy atom. The van der Waals surface area contributed by atoms with Crippen molar-refractivity contribution in [2.24, 2.45) is 0 Å². The average molecular weight is 474 g/mol. The van der Waals surface area contributed by atoms with Gasteiger partial charge in [0.2, 0.25) is 0 Å². The van der Waals surface area contributed by atoms with Gasteiger partial charge in [-0.25, -0.2) is 4.98 Å². The minimum Gasteiger partial charge on any atom is -0.659 e. The zero-order valence-corrected chi connectivity index (χ0v) is 14.3. The third-order valence-electron chi connectivity index (χ3n) is 1.79. The average Bonchev–Trinajstić information content (AvgIpc) is 2.54. The Bertz CT molecular complexity index is 262. The summed E-state index contributed by atoms with van der Waals surface area (Å²) in [4.78, 5) is 6.58. The molecule has 0 saturated carbocycles. The van der Waals surface area contributed by atoms with Crippen LogP contribution in [0.5, 0.6) is 0 Å². The van der Waals surface area contributed by atoms with E-state index in [9.17, 15) is 0 Å². The minimum atomic E-state index is 0. The molecule has 0 spiro atoms. The summed E-state index contributed by atoms with van der Waals surface area (Å²) in [5.41, 5.74) is 0. The molecule has 6 heteroatoms. The van der Waals surface area contributed by atoms with Gasteiger partial charge in [-0.2, -0.15) is 0 Å². The molecule has 0 N–H and O–H groups in total. The Hall–Kier alpha value is 1.31. The monoisotopic (exact) mass is 473 g/mol. The Morgan fingerprint density at radius 1 is 1.46 bits per heavy atom. The van der Waals surface area contributed by atoms with Crippen LogP contribution in [-0.2, 0) is 0 Å². The van der Waals surface area contributed by atoms with Crippen LogP contribution in [0.3, 0.4) is 0 Å². The smallest absolute Gasteiger partial charge is 0.186 e. The summed E-state index contributed by atoms with van der Waals surface area (Å²) in [5.74, 6) is 0. The van der Waals surface area contributed by atoms with E-state index in [4.69, 9.17) is 0 Å². The first-order valence-electron chi connectivity index (χ1n) is 3.86. The molecule has 13 heavy (non-hydrogen) atoms. The van der Waals surface area contributed by atoms with Crippen molar-refractivity contribution in [2.45, 2.75) is 0 Å². The fourth-order valence-electron chi connectivity index (χ4n) is 1.19. The molecule has 1 aromatic heterocycles. The molecular weight excluding hydrogens is 465 g/mol. The molecule has 0 atom stereocenters. The van der Waals surface area contributed by atoms with Gasteiger partial charge in [-0.1, -0.05) is 11.3 Å². The molecular formula is C7H9AcBrN3S-. The van der Waals surface area contributed by atoms with Crippen LogP contribution in [0, 0.1) is 44.1 Å². The molecule has 1 radical (unpaired) electrons. The molecule has 1 fully saturated rings. The van der Waals surface area contributed by atoms with E-state index in [1.807, 2.05) is 6.20 Å². The van der Waals surface area contributed by atoms with Crippen LogP contribution in [0.25, 0.3) is 5.32 Å². The van der Waals surface area contributed by atoms with Gasteiger partial charge in [-0.15, -0.1) is 13.1 Å². The molecule has 1 saturated heterocycles. The van der Waals surface area contributed by atoms with E-state index in [0.717, 1.165) is 35.1 Å². The maximum Gasteiger partial charge on any atom is 0.186 e. The molecule has 1 aromatic rings. The van der Waals surface area contributed by atoms with Crippen LogP contribution in [-0.4, -0.2) is 31.2 Å². The van der Waals surface area contributed by atoms with Crippen LogP contribution in [0.4, 0.5) is 5.13 Å². The molecule has 0 aromatic carbocycles. The van der Waals surface area contributed by atoms with Crippen LogP contribution in [0.2, 0.25) is 0 Å². The standard InChI is InChI=1S/C7H9BrN3S.Ac/c8-6-5-10-7(12-6)11-3-1-9-2-4-11;/h5H,1-4H2;/q-1;. The van der Waals surface area contributed by atoms with E-state index in [1.54, 1.807) is 11.3 Å². The number of piperazine rings is 1. The van der Waals surface area contributed by atoms with Crippen LogP contribution < -0.4 is 4.90 Å². The zero-order valence-electron chi connectivity index (χ0n) is 7.11. The van der Waals surface area contributed by atoms with Gasteiger partial charge in [0.05, 0.1) is 9.98 Å². The van der Waals surface area contributed by atoms with Crippen LogP contribution in [0.1, 0.15) is 0 Å². The number of aromatic nitrogens is 1. The largest absolute Gasteiger partial charge is 0.659 e. The van der Waals surface area contributed by atoms with Crippen molar-refractivity contribution in [1.82, 2.24) is 4.98 Å². The summed E-state index contributed by atoms with van der Waals surface area (Å²) in [5, 5.41) is 5.39. The summed E-state index contributed by atoms with van der Waals surface area (Å²) in [6.45, 7) is 3.91. The molecule has 0 amide bonds. The predicted molar refractivity (Wildman–Crippen MR) is 55.1 cm³/mol. The second-order valence-electron chi connectivity index (χ2n) is 2.60. The summed E-state index contributed by atoms with van der Waals surface area (Å²) >= 11 is 5.09. The maximum atomic E-state index is 4.30. The van der Waals surface area contributed by atoms with Crippen molar-refractivity contribution in [1.29, 1.82) is 0 Å². The number of rotatable bonds is 1. The Kier molecular flexibility index (Phi) is 5.73. The van der Waals surface area contributed by atoms with Gasteiger partial charge >= 0.3 is 0 Å². The van der Waals surface area contributed by atoms with E-state index in [1.165, 1.54) is 0 Å². The van der Waals surface area contributed by atoms with Crippen molar-refractivity contribution < 1.29 is 44.1 Å². The first kappa shape index (κ1) is 12.4. The van der Waals surface area contributed by atoms with Crippen molar-refractivity contribution in [3.63, 3.8) is 0 Å². The Balaban J connectivity index is 0.000000845. The molecule has 3 nitrogen and oxygen atoms in total. The van der Waals surface area contributed by atoms with E-state index in [2.05, 4.69) is 31.1 Å². The number of hydrogen-bond donors (Lipinski definition) is 0. The summed E-state index contributed by atoms with van der Waals surface area (Å²) in [7, 11) is 0. The topological polar surface area (TPSA) is 30.2 Å². The first-order valence-corrected chi connectivity index (χ1v) is 5.47. The molecule has 2 heterocycles. The third kappa shape index (κ3) is 3.42. The fourth-order valence-corrected chi connectivity index (χ4v) is 2.42.